The van der Waals surface area contributed by atoms with Gasteiger partial charge in [-0.1, -0.05) is 5.16 Å². The summed E-state index contributed by atoms with van der Waals surface area (Å²) in [5.74, 6) is 0.540. The maximum atomic E-state index is 11.4. The molecule has 3 aromatic rings. The lowest BCUT2D eigenvalue weighted by atomic mass is 10.1. The van der Waals surface area contributed by atoms with Crippen LogP contribution in [-0.4, -0.2) is 16.3 Å². The second-order valence-corrected chi connectivity index (χ2v) is 4.90. The molecule has 22 heavy (non-hydrogen) atoms. The van der Waals surface area contributed by atoms with Crippen LogP contribution in [0.15, 0.2) is 42.8 Å². The molecule has 3 rings (SSSR count). The Hall–Kier alpha value is -2.83. The summed E-state index contributed by atoms with van der Waals surface area (Å²) >= 11 is 0. The van der Waals surface area contributed by atoms with Gasteiger partial charge in [0.1, 0.15) is 17.9 Å². The Morgan fingerprint density at radius 1 is 1.23 bits per heavy atom. The van der Waals surface area contributed by atoms with Crippen molar-refractivity contribution in [3.63, 3.8) is 0 Å². The third-order valence-electron chi connectivity index (χ3n) is 3.37. The zero-order chi connectivity index (χ0) is 15.7. The summed E-state index contributed by atoms with van der Waals surface area (Å²) < 4.78 is 16.7. The smallest absolute Gasteiger partial charge is 0.441 e. The summed E-state index contributed by atoms with van der Waals surface area (Å²) in [5.41, 5.74) is 0.930. The molecule has 0 saturated carbocycles. The Kier molecular flexibility index (Phi) is 3.54. The summed E-state index contributed by atoms with van der Waals surface area (Å²) in [7, 11) is 0. The van der Waals surface area contributed by atoms with Gasteiger partial charge in [-0.05, 0) is 31.5 Å². The fourth-order valence-corrected chi connectivity index (χ4v) is 2.24. The predicted molar refractivity (Wildman–Crippen MR) is 78.2 cm³/mol. The number of aryl methyl sites for hydroxylation is 2. The molecule has 7 nitrogen and oxygen atoms in total. The van der Waals surface area contributed by atoms with Gasteiger partial charge in [0.2, 0.25) is 0 Å². The molecule has 1 aromatic carbocycles. The van der Waals surface area contributed by atoms with Crippen LogP contribution in [-0.2, 0) is 6.54 Å². The molecule has 7 heteroatoms. The normalized spacial score (nSPS) is 11.0. The lowest BCUT2D eigenvalue weighted by Gasteiger charge is -2.07. The number of hydrogen-bond acceptors (Lipinski definition) is 6. The third kappa shape index (κ3) is 2.65. The largest absolute Gasteiger partial charge is 0.492 e. The van der Waals surface area contributed by atoms with Crippen LogP contribution < -0.4 is 16.1 Å². The van der Waals surface area contributed by atoms with Crippen molar-refractivity contribution in [2.45, 2.75) is 20.4 Å². The number of rotatable bonds is 4. The van der Waals surface area contributed by atoms with Crippen LogP contribution in [0.5, 0.6) is 5.75 Å². The minimum Gasteiger partial charge on any atom is -0.492 e. The fourth-order valence-electron chi connectivity index (χ4n) is 2.24. The second-order valence-electron chi connectivity index (χ2n) is 4.90. The molecule has 0 atom stereocenters. The lowest BCUT2D eigenvalue weighted by molar-refractivity contribution is 0.289. The molecule has 0 fully saturated rings. The van der Waals surface area contributed by atoms with Crippen molar-refractivity contribution in [1.29, 1.82) is 0 Å². The molecule has 0 radical (unpaired) electrons. The van der Waals surface area contributed by atoms with Crippen molar-refractivity contribution in [3.8, 4) is 5.75 Å². The quantitative estimate of drug-likeness (QED) is 0.681. The van der Waals surface area contributed by atoms with Crippen molar-refractivity contribution in [2.24, 2.45) is 0 Å². The van der Waals surface area contributed by atoms with E-state index in [1.54, 1.807) is 19.1 Å². The molecule has 0 amide bonds. The van der Waals surface area contributed by atoms with Crippen molar-refractivity contribution in [1.82, 2.24) is 9.72 Å². The van der Waals surface area contributed by atoms with Crippen LogP contribution in [0.4, 0.5) is 0 Å². The standard InChI is InChI=1S/C15H14N2O5/c1-9-7-14(18)21-13-8-11(3-4-12(9)13)20-6-5-17-10(2)16-22-15(17)19/h3-4,7-8H,5-6H2,1-2H3. The van der Waals surface area contributed by atoms with Gasteiger partial charge in [-0.2, -0.15) is 0 Å². The lowest BCUT2D eigenvalue weighted by Crippen LogP contribution is -2.19. The Labute approximate surface area is 124 Å². The van der Waals surface area contributed by atoms with Gasteiger partial charge in [0.15, 0.2) is 5.82 Å². The SMILES string of the molecule is Cc1cc(=O)oc2cc(OCCn3c(C)noc3=O)ccc12. The highest BCUT2D eigenvalue weighted by atomic mass is 16.5. The minimum absolute atomic E-state index is 0.267. The monoisotopic (exact) mass is 302 g/mol. The van der Waals surface area contributed by atoms with E-state index in [1.807, 2.05) is 13.0 Å². The van der Waals surface area contributed by atoms with Gasteiger partial charge in [-0.15, -0.1) is 0 Å². The number of fused-ring (bicyclic) bond motifs is 1. The highest BCUT2D eigenvalue weighted by Crippen LogP contribution is 2.22. The van der Waals surface area contributed by atoms with E-state index in [4.69, 9.17) is 9.15 Å². The van der Waals surface area contributed by atoms with Crippen LogP contribution in [0.3, 0.4) is 0 Å². The maximum Gasteiger partial charge on any atom is 0.441 e. The Balaban J connectivity index is 1.77. The topological polar surface area (TPSA) is 87.5 Å². The summed E-state index contributed by atoms with van der Waals surface area (Å²) in [6.07, 6.45) is 0. The first-order valence-electron chi connectivity index (χ1n) is 6.75. The Morgan fingerprint density at radius 2 is 2.05 bits per heavy atom. The fraction of sp³-hybridized carbons (Fsp3) is 0.267. The third-order valence-corrected chi connectivity index (χ3v) is 3.37. The molecular formula is C15H14N2O5. The molecular weight excluding hydrogens is 288 g/mol. The highest BCUT2D eigenvalue weighted by Gasteiger charge is 2.07. The summed E-state index contributed by atoms with van der Waals surface area (Å²) in [6, 6.07) is 6.73. The number of benzene rings is 1. The van der Waals surface area contributed by atoms with Crippen molar-refractivity contribution in [2.75, 3.05) is 6.61 Å². The molecule has 114 valence electrons. The molecule has 0 saturated heterocycles. The minimum atomic E-state index is -0.513. The van der Waals surface area contributed by atoms with Crippen molar-refractivity contribution in [3.05, 3.63) is 56.6 Å². The average Bonchev–Trinajstić information content (AvgIpc) is 2.78. The number of aromatic nitrogens is 2. The van der Waals surface area contributed by atoms with E-state index >= 15 is 0 Å². The van der Waals surface area contributed by atoms with Crippen molar-refractivity contribution >= 4 is 11.0 Å². The van der Waals surface area contributed by atoms with Crippen LogP contribution in [0.1, 0.15) is 11.4 Å². The van der Waals surface area contributed by atoms with E-state index in [0.717, 1.165) is 10.9 Å². The zero-order valence-corrected chi connectivity index (χ0v) is 12.2. The average molecular weight is 302 g/mol. The second kappa shape index (κ2) is 5.51. The molecule has 2 aromatic heterocycles. The molecule has 0 bridgehead atoms. The van der Waals surface area contributed by atoms with Gasteiger partial charge in [0.25, 0.3) is 0 Å². The van der Waals surface area contributed by atoms with E-state index in [0.29, 0.717) is 23.7 Å². The Morgan fingerprint density at radius 3 is 2.77 bits per heavy atom. The van der Waals surface area contributed by atoms with Crippen molar-refractivity contribution < 1.29 is 13.7 Å². The predicted octanol–water partition coefficient (Wildman–Crippen LogP) is 1.64. The summed E-state index contributed by atoms with van der Waals surface area (Å²) in [4.78, 5) is 22.8. The summed E-state index contributed by atoms with van der Waals surface area (Å²) in [6.45, 7) is 4.12. The van der Waals surface area contributed by atoms with Gasteiger partial charge in [0, 0.05) is 17.5 Å². The molecule has 0 N–H and O–H groups in total. The molecule has 0 unspecified atom stereocenters. The zero-order valence-electron chi connectivity index (χ0n) is 12.2. The first-order valence-corrected chi connectivity index (χ1v) is 6.75. The van der Waals surface area contributed by atoms with Gasteiger partial charge >= 0.3 is 11.4 Å². The van der Waals surface area contributed by atoms with E-state index in [1.165, 1.54) is 10.6 Å². The Bertz CT molecular complexity index is 935. The van der Waals surface area contributed by atoms with E-state index in [2.05, 4.69) is 9.68 Å². The van der Waals surface area contributed by atoms with Crippen LogP contribution >= 0.6 is 0 Å². The highest BCUT2D eigenvalue weighted by molar-refractivity contribution is 5.81. The van der Waals surface area contributed by atoms with Gasteiger partial charge < -0.3 is 9.15 Å². The van der Waals surface area contributed by atoms with Crippen LogP contribution in [0, 0.1) is 13.8 Å². The van der Waals surface area contributed by atoms with Crippen LogP contribution in [0.25, 0.3) is 11.0 Å². The summed E-state index contributed by atoms with van der Waals surface area (Å²) in [5, 5.41) is 4.43. The molecule has 0 aliphatic rings. The number of hydrogen-bond donors (Lipinski definition) is 0. The molecule has 0 aliphatic heterocycles. The van der Waals surface area contributed by atoms with Crippen LogP contribution in [0.2, 0.25) is 0 Å². The first-order chi connectivity index (χ1) is 10.5. The number of nitrogens with zero attached hydrogens (tertiary/aromatic N) is 2. The van der Waals surface area contributed by atoms with E-state index < -0.39 is 11.4 Å². The molecule has 0 aliphatic carbocycles. The first kappa shape index (κ1) is 14.1. The van der Waals surface area contributed by atoms with E-state index in [-0.39, 0.29) is 6.61 Å². The molecule has 0 spiro atoms. The van der Waals surface area contributed by atoms with E-state index in [9.17, 15) is 9.59 Å². The van der Waals surface area contributed by atoms with Gasteiger partial charge in [-0.25, -0.2) is 9.59 Å². The maximum absolute atomic E-state index is 11.4. The molecule has 2 heterocycles. The van der Waals surface area contributed by atoms with Gasteiger partial charge in [0.05, 0.1) is 6.54 Å². The number of ether oxygens (including phenoxy) is 1. The van der Waals surface area contributed by atoms with Gasteiger partial charge in [-0.3, -0.25) is 9.09 Å².